The van der Waals surface area contributed by atoms with Crippen LogP contribution in [-0.4, -0.2) is 28.6 Å². The Labute approximate surface area is 207 Å². The third-order valence-corrected chi connectivity index (χ3v) is 6.22. The number of nitrogens with one attached hydrogen (secondary N) is 3. The van der Waals surface area contributed by atoms with Crippen LogP contribution in [0.5, 0.6) is 0 Å². The summed E-state index contributed by atoms with van der Waals surface area (Å²) in [5.74, 6) is -1.87. The first-order valence-electron chi connectivity index (χ1n) is 11.5. The van der Waals surface area contributed by atoms with Gasteiger partial charge >= 0.3 is 0 Å². The lowest BCUT2D eigenvalue weighted by Crippen LogP contribution is -2.59. The summed E-state index contributed by atoms with van der Waals surface area (Å²) in [4.78, 5) is 54.9. The Hall–Kier alpha value is -4.79. The molecule has 1 aliphatic heterocycles. The second-order valence-corrected chi connectivity index (χ2v) is 8.58. The van der Waals surface area contributed by atoms with E-state index in [9.17, 15) is 19.2 Å². The SMILES string of the molecule is O=C(Nc1cccc(NC(=O)c2cccc(N3NC(=O)[C@@H]4CC=CC[C@H]4C3=O)c2)c1)c1ccncc1. The first kappa shape index (κ1) is 23.0. The van der Waals surface area contributed by atoms with E-state index in [1.165, 1.54) is 17.4 Å². The normalized spacial score (nSPS) is 18.7. The van der Waals surface area contributed by atoms with Crippen molar-refractivity contribution in [2.45, 2.75) is 12.8 Å². The third kappa shape index (κ3) is 4.72. The molecule has 0 unspecified atom stereocenters. The highest BCUT2D eigenvalue weighted by atomic mass is 16.2. The first-order valence-corrected chi connectivity index (χ1v) is 11.5. The smallest absolute Gasteiger partial charge is 0.255 e. The van der Waals surface area contributed by atoms with Crippen LogP contribution in [0.2, 0.25) is 0 Å². The zero-order valence-corrected chi connectivity index (χ0v) is 19.2. The molecule has 3 N–H and O–H groups in total. The fourth-order valence-electron chi connectivity index (χ4n) is 4.35. The van der Waals surface area contributed by atoms with Crippen LogP contribution in [0.25, 0.3) is 0 Å². The Morgan fingerprint density at radius 2 is 1.44 bits per heavy atom. The number of pyridine rings is 1. The van der Waals surface area contributed by atoms with Gasteiger partial charge in [-0.15, -0.1) is 0 Å². The van der Waals surface area contributed by atoms with Gasteiger partial charge in [-0.05, 0) is 61.4 Å². The molecule has 2 heterocycles. The van der Waals surface area contributed by atoms with E-state index in [-0.39, 0.29) is 23.6 Å². The van der Waals surface area contributed by atoms with Crippen LogP contribution >= 0.6 is 0 Å². The van der Waals surface area contributed by atoms with Crippen molar-refractivity contribution in [2.24, 2.45) is 11.8 Å². The molecule has 36 heavy (non-hydrogen) atoms. The molecular weight excluding hydrogens is 458 g/mol. The predicted octanol–water partition coefficient (Wildman–Crippen LogP) is 3.55. The highest BCUT2D eigenvalue weighted by molar-refractivity contribution is 6.08. The van der Waals surface area contributed by atoms with E-state index >= 15 is 0 Å². The van der Waals surface area contributed by atoms with Gasteiger partial charge in [-0.2, -0.15) is 0 Å². The van der Waals surface area contributed by atoms with E-state index in [0.717, 1.165) is 0 Å². The van der Waals surface area contributed by atoms with Crippen LogP contribution < -0.4 is 21.1 Å². The first-order chi connectivity index (χ1) is 17.5. The van der Waals surface area contributed by atoms with Gasteiger partial charge in [-0.3, -0.25) is 29.6 Å². The number of carbonyl (C=O) groups excluding carboxylic acids is 4. The molecule has 9 nitrogen and oxygen atoms in total. The Kier molecular flexibility index (Phi) is 6.27. The van der Waals surface area contributed by atoms with Crippen LogP contribution in [0.4, 0.5) is 17.1 Å². The molecule has 0 spiro atoms. The Bertz CT molecular complexity index is 1370. The molecule has 2 aliphatic rings. The van der Waals surface area contributed by atoms with E-state index in [4.69, 9.17) is 0 Å². The summed E-state index contributed by atoms with van der Waals surface area (Å²) in [6.45, 7) is 0. The molecule has 1 aliphatic carbocycles. The number of benzene rings is 2. The number of hydrazine groups is 1. The lowest BCUT2D eigenvalue weighted by molar-refractivity contribution is -0.139. The molecule has 5 rings (SSSR count). The highest BCUT2D eigenvalue weighted by Crippen LogP contribution is 2.32. The van der Waals surface area contributed by atoms with Crippen LogP contribution in [0.3, 0.4) is 0 Å². The van der Waals surface area contributed by atoms with Crippen LogP contribution in [0.15, 0.2) is 85.2 Å². The second kappa shape index (κ2) is 9.83. The summed E-state index contributed by atoms with van der Waals surface area (Å²) in [7, 11) is 0. The molecule has 0 bridgehead atoms. The predicted molar refractivity (Wildman–Crippen MR) is 134 cm³/mol. The lowest BCUT2D eigenvalue weighted by atomic mass is 9.80. The quantitative estimate of drug-likeness (QED) is 0.482. The van der Waals surface area contributed by atoms with Crippen molar-refractivity contribution in [2.75, 3.05) is 15.6 Å². The summed E-state index contributed by atoms with van der Waals surface area (Å²) in [5.41, 5.74) is 4.86. The number of carbonyl (C=O) groups is 4. The molecule has 1 fully saturated rings. The summed E-state index contributed by atoms with van der Waals surface area (Å²) in [5, 5.41) is 6.83. The zero-order valence-electron chi connectivity index (χ0n) is 19.2. The maximum Gasteiger partial charge on any atom is 0.255 e. The van der Waals surface area contributed by atoms with Crippen molar-refractivity contribution in [3.63, 3.8) is 0 Å². The van der Waals surface area contributed by atoms with Crippen LogP contribution in [0, 0.1) is 11.8 Å². The van der Waals surface area contributed by atoms with Gasteiger partial charge in [0.25, 0.3) is 11.8 Å². The zero-order chi connectivity index (χ0) is 25.1. The van der Waals surface area contributed by atoms with Gasteiger partial charge in [-0.1, -0.05) is 24.3 Å². The minimum Gasteiger partial charge on any atom is -0.322 e. The van der Waals surface area contributed by atoms with Crippen molar-refractivity contribution in [3.8, 4) is 0 Å². The Balaban J connectivity index is 1.29. The van der Waals surface area contributed by atoms with E-state index < -0.39 is 11.8 Å². The van der Waals surface area contributed by atoms with Gasteiger partial charge in [0.2, 0.25) is 11.8 Å². The summed E-state index contributed by atoms with van der Waals surface area (Å²) in [6, 6.07) is 16.5. The monoisotopic (exact) mass is 481 g/mol. The lowest BCUT2D eigenvalue weighted by Gasteiger charge is -2.38. The Morgan fingerprint density at radius 1 is 0.806 bits per heavy atom. The largest absolute Gasteiger partial charge is 0.322 e. The van der Waals surface area contributed by atoms with Crippen molar-refractivity contribution in [3.05, 3.63) is 96.3 Å². The summed E-state index contributed by atoms with van der Waals surface area (Å²) < 4.78 is 0. The Morgan fingerprint density at radius 3 is 2.17 bits per heavy atom. The minimum atomic E-state index is -0.411. The maximum absolute atomic E-state index is 13.0. The van der Waals surface area contributed by atoms with Gasteiger partial charge in [0.15, 0.2) is 0 Å². The molecule has 9 heteroatoms. The van der Waals surface area contributed by atoms with E-state index in [0.29, 0.717) is 41.0 Å². The number of aromatic nitrogens is 1. The van der Waals surface area contributed by atoms with Crippen molar-refractivity contribution in [1.82, 2.24) is 10.4 Å². The molecule has 3 aromatic rings. The minimum absolute atomic E-state index is 0.195. The second-order valence-electron chi connectivity index (χ2n) is 8.58. The molecule has 2 atom stereocenters. The standard InChI is InChI=1S/C27H23N5O4/c33-24(17-11-13-28-14-12-17)29-19-6-4-7-20(16-19)30-25(34)18-5-3-8-21(15-18)32-27(36)23-10-2-1-9-22(23)26(35)31-32/h1-8,11-16,22-23H,9-10H2,(H,29,33)(H,30,34)(H,31,35)/t22-,23-/m1/s1. The van der Waals surface area contributed by atoms with Crippen LogP contribution in [0.1, 0.15) is 33.6 Å². The fourth-order valence-corrected chi connectivity index (χ4v) is 4.35. The van der Waals surface area contributed by atoms with Crippen molar-refractivity contribution < 1.29 is 19.2 Å². The topological polar surface area (TPSA) is 120 Å². The van der Waals surface area contributed by atoms with E-state index in [1.54, 1.807) is 60.7 Å². The van der Waals surface area contributed by atoms with Gasteiger partial charge in [0, 0.05) is 34.9 Å². The van der Waals surface area contributed by atoms with Crippen LogP contribution in [-0.2, 0) is 9.59 Å². The van der Waals surface area contributed by atoms with Gasteiger partial charge in [0.05, 0.1) is 17.5 Å². The van der Waals surface area contributed by atoms with Gasteiger partial charge < -0.3 is 10.6 Å². The molecule has 1 saturated heterocycles. The van der Waals surface area contributed by atoms with Gasteiger partial charge in [-0.25, -0.2) is 5.01 Å². The average molecular weight is 482 g/mol. The molecule has 0 saturated carbocycles. The number of rotatable bonds is 5. The van der Waals surface area contributed by atoms with Crippen molar-refractivity contribution >= 4 is 40.7 Å². The van der Waals surface area contributed by atoms with Gasteiger partial charge in [0.1, 0.15) is 0 Å². The number of anilines is 3. The molecular formula is C27H23N5O4. The number of allylic oxidation sites excluding steroid dienone is 2. The fraction of sp³-hybridized carbons (Fsp3) is 0.148. The average Bonchev–Trinajstić information content (AvgIpc) is 2.91. The number of nitrogens with zero attached hydrogens (tertiary/aromatic N) is 2. The number of hydrogen-bond acceptors (Lipinski definition) is 5. The highest BCUT2D eigenvalue weighted by Gasteiger charge is 2.42. The summed E-state index contributed by atoms with van der Waals surface area (Å²) >= 11 is 0. The number of amides is 4. The number of fused-ring (bicyclic) bond motifs is 1. The van der Waals surface area contributed by atoms with E-state index in [2.05, 4.69) is 21.0 Å². The molecule has 0 radical (unpaired) electrons. The van der Waals surface area contributed by atoms with Crippen molar-refractivity contribution in [1.29, 1.82) is 0 Å². The summed E-state index contributed by atoms with van der Waals surface area (Å²) in [6.07, 6.45) is 7.98. The van der Waals surface area contributed by atoms with E-state index in [1.807, 2.05) is 12.2 Å². The molecule has 1 aromatic heterocycles. The maximum atomic E-state index is 13.0. The number of hydrogen-bond donors (Lipinski definition) is 3. The molecule has 2 aromatic carbocycles. The molecule has 4 amide bonds. The molecule has 180 valence electrons. The third-order valence-electron chi connectivity index (χ3n) is 6.22.